The number of hydrogen-bond acceptors (Lipinski definition) is 4. The molecule has 9 heteroatoms. The number of nitrogens with zero attached hydrogens (tertiary/aromatic N) is 5. The molecule has 3 heterocycles. The maximum absolute atomic E-state index is 13.4. The summed E-state index contributed by atoms with van der Waals surface area (Å²) in [5.74, 6) is -1.24. The lowest BCUT2D eigenvalue weighted by atomic mass is 9.77. The van der Waals surface area contributed by atoms with E-state index in [-0.39, 0.29) is 29.5 Å². The van der Waals surface area contributed by atoms with Crippen LogP contribution in [0.25, 0.3) is 5.78 Å². The van der Waals surface area contributed by atoms with Gasteiger partial charge in [-0.25, -0.2) is 9.50 Å². The number of aromatic nitrogens is 4. The monoisotopic (exact) mass is 417 g/mol. The van der Waals surface area contributed by atoms with Gasteiger partial charge in [0.2, 0.25) is 5.82 Å². The Kier molecular flexibility index (Phi) is 4.44. The average molecular weight is 417 g/mol. The molecule has 5 atom stereocenters. The van der Waals surface area contributed by atoms with Crippen LogP contribution in [-0.4, -0.2) is 49.7 Å². The number of alkyl halides is 3. The van der Waals surface area contributed by atoms with Crippen LogP contribution in [0.3, 0.4) is 0 Å². The number of hydrogen-bond donors (Lipinski definition) is 0. The zero-order chi connectivity index (χ0) is 21.0. The van der Waals surface area contributed by atoms with Gasteiger partial charge in [0, 0.05) is 25.5 Å². The molecule has 2 aliphatic carbocycles. The van der Waals surface area contributed by atoms with Gasteiger partial charge in [0.25, 0.3) is 11.7 Å². The summed E-state index contributed by atoms with van der Waals surface area (Å²) in [4.78, 5) is 23.0. The maximum Gasteiger partial charge on any atom is 0.395 e. The standard InChI is InChI=1S/C21H22F3N5O/c1-12-8-25-20-26-18(27-29(20)9-12)19(30)28-10-14-6-13(7-15(14)11-28)16-4-2-3-5-17(16)21(22,23)24/h2-5,8-9,13-17H,6-7,10-11H2,1H3/t13?,14-,15+,16?,17?. The van der Waals surface area contributed by atoms with Gasteiger partial charge in [0.15, 0.2) is 0 Å². The van der Waals surface area contributed by atoms with Gasteiger partial charge in [0.1, 0.15) is 0 Å². The number of carbonyl (C=O) groups excluding carboxylic acids is 1. The van der Waals surface area contributed by atoms with Gasteiger partial charge in [0.05, 0.1) is 5.92 Å². The Balaban J connectivity index is 1.27. The summed E-state index contributed by atoms with van der Waals surface area (Å²) in [6.07, 6.45) is 6.83. The molecule has 0 N–H and O–H groups in total. The van der Waals surface area contributed by atoms with Crippen molar-refractivity contribution < 1.29 is 18.0 Å². The van der Waals surface area contributed by atoms with Crippen LogP contribution in [0.1, 0.15) is 29.0 Å². The number of aryl methyl sites for hydroxylation is 1. The van der Waals surface area contributed by atoms with Crippen molar-refractivity contribution in [1.82, 2.24) is 24.5 Å². The molecule has 3 unspecified atom stereocenters. The normalized spacial score (nSPS) is 30.9. The van der Waals surface area contributed by atoms with E-state index in [1.54, 1.807) is 29.4 Å². The molecular formula is C21H22F3N5O. The second kappa shape index (κ2) is 6.92. The van der Waals surface area contributed by atoms with Crippen molar-refractivity contribution in [1.29, 1.82) is 0 Å². The Bertz CT molecular complexity index is 1030. The minimum atomic E-state index is -4.23. The predicted octanol–water partition coefficient (Wildman–Crippen LogP) is 3.45. The highest BCUT2D eigenvalue weighted by atomic mass is 19.4. The summed E-state index contributed by atoms with van der Waals surface area (Å²) in [6.45, 7) is 2.98. The van der Waals surface area contributed by atoms with E-state index in [1.807, 2.05) is 6.92 Å². The summed E-state index contributed by atoms with van der Waals surface area (Å²) in [6, 6.07) is 0. The Labute approximate surface area is 171 Å². The molecule has 1 amide bonds. The predicted molar refractivity (Wildman–Crippen MR) is 102 cm³/mol. The van der Waals surface area contributed by atoms with E-state index in [0.29, 0.717) is 31.7 Å². The first kappa shape index (κ1) is 19.3. The molecule has 30 heavy (non-hydrogen) atoms. The summed E-state index contributed by atoms with van der Waals surface area (Å²) < 4.78 is 41.8. The SMILES string of the molecule is Cc1cnc2nc(C(=O)N3C[C@H]4CC(C5C=CC=CC5C(F)(F)F)C[C@H]4C3)nn2c1. The number of allylic oxidation sites excluding steroid dienone is 4. The number of rotatable bonds is 2. The second-order valence-electron chi connectivity index (χ2n) is 8.69. The fourth-order valence-electron chi connectivity index (χ4n) is 5.34. The molecule has 2 aromatic rings. The third-order valence-electron chi connectivity index (χ3n) is 6.69. The van der Waals surface area contributed by atoms with E-state index < -0.39 is 18.0 Å². The topological polar surface area (TPSA) is 63.4 Å². The Morgan fingerprint density at radius 2 is 1.80 bits per heavy atom. The third kappa shape index (κ3) is 3.30. The largest absolute Gasteiger partial charge is 0.395 e. The van der Waals surface area contributed by atoms with E-state index >= 15 is 0 Å². The average Bonchev–Trinajstić information content (AvgIpc) is 3.39. The van der Waals surface area contributed by atoms with E-state index in [2.05, 4.69) is 15.1 Å². The first-order chi connectivity index (χ1) is 14.3. The van der Waals surface area contributed by atoms with E-state index in [4.69, 9.17) is 0 Å². The lowest BCUT2D eigenvalue weighted by Gasteiger charge is -2.31. The molecule has 158 valence electrons. The first-order valence-electron chi connectivity index (χ1n) is 10.2. The van der Waals surface area contributed by atoms with Crippen molar-refractivity contribution in [3.8, 4) is 0 Å². The van der Waals surface area contributed by atoms with Gasteiger partial charge in [-0.15, -0.1) is 5.10 Å². The molecule has 1 saturated carbocycles. The fraction of sp³-hybridized carbons (Fsp3) is 0.524. The van der Waals surface area contributed by atoms with Gasteiger partial charge >= 0.3 is 6.18 Å². The van der Waals surface area contributed by atoms with Crippen molar-refractivity contribution >= 4 is 11.7 Å². The fourth-order valence-corrected chi connectivity index (χ4v) is 5.34. The summed E-state index contributed by atoms with van der Waals surface area (Å²) in [7, 11) is 0. The molecule has 2 fully saturated rings. The van der Waals surface area contributed by atoms with Crippen LogP contribution < -0.4 is 0 Å². The molecule has 0 spiro atoms. The summed E-state index contributed by atoms with van der Waals surface area (Å²) >= 11 is 0. The molecule has 2 aromatic heterocycles. The van der Waals surface area contributed by atoms with Gasteiger partial charge in [-0.2, -0.15) is 18.2 Å². The number of fused-ring (bicyclic) bond motifs is 2. The zero-order valence-electron chi connectivity index (χ0n) is 16.5. The van der Waals surface area contributed by atoms with Gasteiger partial charge in [-0.05, 0) is 49.0 Å². The molecule has 5 rings (SSSR count). The quantitative estimate of drug-likeness (QED) is 0.751. The highest BCUT2D eigenvalue weighted by molar-refractivity contribution is 5.91. The van der Waals surface area contributed by atoms with E-state index in [1.165, 1.54) is 16.7 Å². The third-order valence-corrected chi connectivity index (χ3v) is 6.69. The number of carbonyl (C=O) groups is 1. The molecule has 0 bridgehead atoms. The Hall–Kier alpha value is -2.71. The van der Waals surface area contributed by atoms with E-state index in [9.17, 15) is 18.0 Å². The molecule has 0 aromatic carbocycles. The molecule has 6 nitrogen and oxygen atoms in total. The minimum absolute atomic E-state index is 0.00873. The van der Waals surface area contributed by atoms with Crippen molar-refractivity contribution in [2.75, 3.05) is 13.1 Å². The highest BCUT2D eigenvalue weighted by Crippen LogP contribution is 2.50. The zero-order valence-corrected chi connectivity index (χ0v) is 16.5. The van der Waals surface area contributed by atoms with Crippen molar-refractivity contribution in [3.63, 3.8) is 0 Å². The lowest BCUT2D eigenvalue weighted by molar-refractivity contribution is -0.174. The second-order valence-corrected chi connectivity index (χ2v) is 8.69. The maximum atomic E-state index is 13.4. The Morgan fingerprint density at radius 3 is 2.50 bits per heavy atom. The molecule has 1 aliphatic heterocycles. The van der Waals surface area contributed by atoms with Crippen molar-refractivity contribution in [3.05, 3.63) is 48.1 Å². The smallest absolute Gasteiger partial charge is 0.335 e. The van der Waals surface area contributed by atoms with Crippen LogP contribution in [0.2, 0.25) is 0 Å². The van der Waals surface area contributed by atoms with Crippen LogP contribution >= 0.6 is 0 Å². The summed E-state index contributed by atoms with van der Waals surface area (Å²) in [5, 5.41) is 4.25. The lowest BCUT2D eigenvalue weighted by Crippen LogP contribution is -2.34. The van der Waals surface area contributed by atoms with Crippen LogP contribution in [0, 0.1) is 36.5 Å². The van der Waals surface area contributed by atoms with E-state index in [0.717, 1.165) is 5.56 Å². The summed E-state index contributed by atoms with van der Waals surface area (Å²) in [5.41, 5.74) is 0.914. The minimum Gasteiger partial charge on any atom is -0.335 e. The highest BCUT2D eigenvalue weighted by Gasteiger charge is 2.50. The van der Waals surface area contributed by atoms with Crippen molar-refractivity contribution in [2.24, 2.45) is 29.6 Å². The van der Waals surface area contributed by atoms with Gasteiger partial charge < -0.3 is 4.90 Å². The van der Waals surface area contributed by atoms with Crippen LogP contribution in [0.15, 0.2) is 36.7 Å². The molecule has 3 aliphatic rings. The van der Waals surface area contributed by atoms with Crippen LogP contribution in [0.4, 0.5) is 13.2 Å². The number of amides is 1. The number of halogens is 3. The van der Waals surface area contributed by atoms with Gasteiger partial charge in [-0.1, -0.05) is 24.3 Å². The molecule has 0 radical (unpaired) electrons. The van der Waals surface area contributed by atoms with Crippen LogP contribution in [0.5, 0.6) is 0 Å². The number of likely N-dealkylation sites (tertiary alicyclic amines) is 1. The van der Waals surface area contributed by atoms with Crippen molar-refractivity contribution in [2.45, 2.75) is 25.9 Å². The first-order valence-corrected chi connectivity index (χ1v) is 10.2. The Morgan fingerprint density at radius 1 is 1.10 bits per heavy atom. The van der Waals surface area contributed by atoms with Gasteiger partial charge in [-0.3, -0.25) is 4.79 Å². The molecule has 1 saturated heterocycles. The van der Waals surface area contributed by atoms with Crippen LogP contribution in [-0.2, 0) is 0 Å². The molecular weight excluding hydrogens is 395 g/mol.